The molecule has 0 aliphatic carbocycles. The van der Waals surface area contributed by atoms with Crippen molar-refractivity contribution in [1.82, 2.24) is 10.2 Å². The predicted molar refractivity (Wildman–Crippen MR) is 88.6 cm³/mol. The molecule has 128 valence electrons. The van der Waals surface area contributed by atoms with Crippen LogP contribution in [0.25, 0.3) is 0 Å². The lowest BCUT2D eigenvalue weighted by Gasteiger charge is -2.32. The number of alkyl carbamates (subject to hydrolysis) is 1. The van der Waals surface area contributed by atoms with E-state index in [2.05, 4.69) is 10.2 Å². The molecule has 0 aromatic heterocycles. The molecule has 0 bridgehead atoms. The van der Waals surface area contributed by atoms with Crippen molar-refractivity contribution in [3.63, 3.8) is 0 Å². The van der Waals surface area contributed by atoms with Crippen molar-refractivity contribution in [2.75, 3.05) is 19.6 Å². The number of nitrogens with zero attached hydrogens (tertiary/aromatic N) is 1. The molecule has 1 fully saturated rings. The minimum absolute atomic E-state index is 0.138. The Balaban J connectivity index is 1.70. The van der Waals surface area contributed by atoms with Crippen LogP contribution in [0.3, 0.4) is 0 Å². The fourth-order valence-corrected chi connectivity index (χ4v) is 2.76. The Labute approximate surface area is 138 Å². The number of carbonyl (C=O) groups is 1. The molecule has 0 spiro atoms. The molecule has 1 aromatic rings. The van der Waals surface area contributed by atoms with Crippen molar-refractivity contribution >= 4 is 6.09 Å². The van der Waals surface area contributed by atoms with Gasteiger partial charge in [0.05, 0.1) is 0 Å². The molecule has 1 amide bonds. The van der Waals surface area contributed by atoms with E-state index in [9.17, 15) is 9.18 Å². The number of hydrogen-bond acceptors (Lipinski definition) is 3. The maximum absolute atomic E-state index is 13.7. The van der Waals surface area contributed by atoms with Crippen molar-refractivity contribution < 1.29 is 13.9 Å². The van der Waals surface area contributed by atoms with Gasteiger partial charge in [-0.1, -0.05) is 18.2 Å². The SMILES string of the molecule is CC(C)(C)OC(=O)NCC1CCN(Cc2ccccc2F)CC1. The first-order valence-electron chi connectivity index (χ1n) is 8.26. The van der Waals surface area contributed by atoms with Crippen LogP contribution in [-0.4, -0.2) is 36.2 Å². The van der Waals surface area contributed by atoms with Gasteiger partial charge in [0.2, 0.25) is 0 Å². The van der Waals surface area contributed by atoms with E-state index < -0.39 is 5.60 Å². The number of carbonyl (C=O) groups excluding carboxylic acids is 1. The molecule has 2 rings (SSSR count). The molecular formula is C18H27FN2O2. The number of amides is 1. The largest absolute Gasteiger partial charge is 0.444 e. The highest BCUT2D eigenvalue weighted by atomic mass is 19.1. The van der Waals surface area contributed by atoms with Gasteiger partial charge < -0.3 is 10.1 Å². The molecule has 1 saturated heterocycles. The number of likely N-dealkylation sites (tertiary alicyclic amines) is 1. The Hall–Kier alpha value is -1.62. The molecule has 1 aliphatic heterocycles. The van der Waals surface area contributed by atoms with Crippen molar-refractivity contribution in [1.29, 1.82) is 0 Å². The van der Waals surface area contributed by atoms with Crippen LogP contribution >= 0.6 is 0 Å². The number of rotatable bonds is 4. The van der Waals surface area contributed by atoms with Crippen LogP contribution < -0.4 is 5.32 Å². The summed E-state index contributed by atoms with van der Waals surface area (Å²) < 4.78 is 18.9. The summed E-state index contributed by atoms with van der Waals surface area (Å²) in [6.45, 7) is 8.71. The molecule has 1 N–H and O–H groups in total. The number of hydrogen-bond donors (Lipinski definition) is 1. The summed E-state index contributed by atoms with van der Waals surface area (Å²) in [6, 6.07) is 6.93. The quantitative estimate of drug-likeness (QED) is 0.921. The van der Waals surface area contributed by atoms with Gasteiger partial charge in [0.1, 0.15) is 11.4 Å². The van der Waals surface area contributed by atoms with Gasteiger partial charge in [0, 0.05) is 18.7 Å². The topological polar surface area (TPSA) is 41.6 Å². The fourth-order valence-electron chi connectivity index (χ4n) is 2.76. The lowest BCUT2D eigenvalue weighted by atomic mass is 9.96. The lowest BCUT2D eigenvalue weighted by molar-refractivity contribution is 0.0509. The van der Waals surface area contributed by atoms with Crippen LogP contribution in [0.15, 0.2) is 24.3 Å². The van der Waals surface area contributed by atoms with E-state index in [0.29, 0.717) is 19.0 Å². The van der Waals surface area contributed by atoms with Gasteiger partial charge in [-0.15, -0.1) is 0 Å². The second-order valence-electron chi connectivity index (χ2n) is 7.19. The van der Waals surface area contributed by atoms with Gasteiger partial charge in [-0.3, -0.25) is 4.90 Å². The third kappa shape index (κ3) is 6.18. The Morgan fingerprint density at radius 1 is 1.30 bits per heavy atom. The van der Waals surface area contributed by atoms with Gasteiger partial charge in [0.25, 0.3) is 0 Å². The molecule has 5 heteroatoms. The first-order valence-corrected chi connectivity index (χ1v) is 8.26. The molecule has 0 unspecified atom stereocenters. The molecule has 1 aromatic carbocycles. The van der Waals surface area contributed by atoms with E-state index in [-0.39, 0.29) is 11.9 Å². The number of piperidine rings is 1. The predicted octanol–water partition coefficient (Wildman–Crippen LogP) is 3.56. The maximum Gasteiger partial charge on any atom is 0.407 e. The smallest absolute Gasteiger partial charge is 0.407 e. The molecular weight excluding hydrogens is 295 g/mol. The van der Waals surface area contributed by atoms with Crippen LogP contribution in [0.2, 0.25) is 0 Å². The fraction of sp³-hybridized carbons (Fsp3) is 0.611. The minimum atomic E-state index is -0.465. The molecule has 0 saturated carbocycles. The van der Waals surface area contributed by atoms with Gasteiger partial charge in [0.15, 0.2) is 0 Å². The third-order valence-electron chi connectivity index (χ3n) is 3.99. The summed E-state index contributed by atoms with van der Waals surface area (Å²) >= 11 is 0. The standard InChI is InChI=1S/C18H27FN2O2/c1-18(2,3)23-17(22)20-12-14-8-10-21(11-9-14)13-15-6-4-5-7-16(15)19/h4-7,14H,8-13H2,1-3H3,(H,20,22). The maximum atomic E-state index is 13.7. The summed E-state index contributed by atoms with van der Waals surface area (Å²) in [7, 11) is 0. The second-order valence-corrected chi connectivity index (χ2v) is 7.19. The zero-order valence-electron chi connectivity index (χ0n) is 14.3. The first kappa shape index (κ1) is 17.7. The van der Waals surface area contributed by atoms with Crippen molar-refractivity contribution in [2.45, 2.75) is 45.8 Å². The number of ether oxygens (including phenoxy) is 1. The van der Waals surface area contributed by atoms with Crippen molar-refractivity contribution in [3.8, 4) is 0 Å². The normalized spacial score (nSPS) is 17.0. The van der Waals surface area contributed by atoms with E-state index >= 15 is 0 Å². The monoisotopic (exact) mass is 322 g/mol. The Morgan fingerprint density at radius 3 is 2.57 bits per heavy atom. The summed E-state index contributed by atoms with van der Waals surface area (Å²) in [6.07, 6.45) is 1.65. The third-order valence-corrected chi connectivity index (χ3v) is 3.99. The highest BCUT2D eigenvalue weighted by Crippen LogP contribution is 2.19. The van der Waals surface area contributed by atoms with Crippen molar-refractivity contribution in [2.24, 2.45) is 5.92 Å². The number of nitrogens with one attached hydrogen (secondary N) is 1. The molecule has 1 heterocycles. The highest BCUT2D eigenvalue weighted by molar-refractivity contribution is 5.67. The van der Waals surface area contributed by atoms with E-state index in [0.717, 1.165) is 31.5 Å². The number of halogens is 1. The van der Waals surface area contributed by atoms with Crippen LogP contribution in [0.5, 0.6) is 0 Å². The highest BCUT2D eigenvalue weighted by Gasteiger charge is 2.22. The van der Waals surface area contributed by atoms with Crippen LogP contribution in [0, 0.1) is 11.7 Å². The first-order chi connectivity index (χ1) is 10.8. The summed E-state index contributed by atoms with van der Waals surface area (Å²) in [5.74, 6) is 0.320. The Kier molecular flexibility index (Phi) is 5.99. The minimum Gasteiger partial charge on any atom is -0.444 e. The van der Waals surface area contributed by atoms with Crippen molar-refractivity contribution in [3.05, 3.63) is 35.6 Å². The van der Waals surface area contributed by atoms with E-state index in [1.165, 1.54) is 6.07 Å². The molecule has 0 atom stereocenters. The zero-order valence-corrected chi connectivity index (χ0v) is 14.3. The van der Waals surface area contributed by atoms with E-state index in [1.54, 1.807) is 6.07 Å². The zero-order chi connectivity index (χ0) is 16.9. The summed E-state index contributed by atoms with van der Waals surface area (Å²) in [4.78, 5) is 13.9. The molecule has 4 nitrogen and oxygen atoms in total. The van der Waals surface area contributed by atoms with Gasteiger partial charge >= 0.3 is 6.09 Å². The number of benzene rings is 1. The summed E-state index contributed by atoms with van der Waals surface area (Å²) in [5, 5.41) is 2.84. The summed E-state index contributed by atoms with van der Waals surface area (Å²) in [5.41, 5.74) is 0.283. The Morgan fingerprint density at radius 2 is 1.96 bits per heavy atom. The van der Waals surface area contributed by atoms with Crippen LogP contribution in [0.4, 0.5) is 9.18 Å². The van der Waals surface area contributed by atoms with E-state index in [1.807, 2.05) is 32.9 Å². The van der Waals surface area contributed by atoms with Gasteiger partial charge in [-0.05, 0) is 58.7 Å². The van der Waals surface area contributed by atoms with Crippen LogP contribution in [-0.2, 0) is 11.3 Å². The van der Waals surface area contributed by atoms with E-state index in [4.69, 9.17) is 4.74 Å². The molecule has 1 aliphatic rings. The molecule has 23 heavy (non-hydrogen) atoms. The Bertz CT molecular complexity index is 520. The average Bonchev–Trinajstić information content (AvgIpc) is 2.47. The van der Waals surface area contributed by atoms with Gasteiger partial charge in [-0.2, -0.15) is 0 Å². The lowest BCUT2D eigenvalue weighted by Crippen LogP contribution is -2.40. The second kappa shape index (κ2) is 7.77. The molecule has 0 radical (unpaired) electrons. The average molecular weight is 322 g/mol. The van der Waals surface area contributed by atoms with Crippen LogP contribution in [0.1, 0.15) is 39.2 Å². The van der Waals surface area contributed by atoms with Gasteiger partial charge in [-0.25, -0.2) is 9.18 Å².